The predicted molar refractivity (Wildman–Crippen MR) is 92.5 cm³/mol. The van der Waals surface area contributed by atoms with Crippen LogP contribution in [0.2, 0.25) is 0 Å². The minimum Gasteiger partial charge on any atom is -0.317 e. The molecule has 2 fully saturated rings. The Kier molecular flexibility index (Phi) is 5.82. The Morgan fingerprint density at radius 3 is 2.73 bits per heavy atom. The highest BCUT2D eigenvalue weighted by atomic mass is 79.9. The summed E-state index contributed by atoms with van der Waals surface area (Å²) in [6.45, 7) is 5.28. The van der Waals surface area contributed by atoms with Gasteiger partial charge in [-0.1, -0.05) is 6.07 Å². The third-order valence-electron chi connectivity index (χ3n) is 4.80. The van der Waals surface area contributed by atoms with E-state index in [0.29, 0.717) is 9.89 Å². The second-order valence-corrected chi connectivity index (χ2v) is 7.11. The van der Waals surface area contributed by atoms with Crippen molar-refractivity contribution >= 4 is 34.0 Å². The number of nitro benzene ring substituents is 1. The average Bonchev–Trinajstić information content (AvgIpc) is 2.84. The molecule has 0 unspecified atom stereocenters. The highest BCUT2D eigenvalue weighted by Crippen LogP contribution is 2.39. The highest BCUT2D eigenvalue weighted by molar-refractivity contribution is 9.10. The fourth-order valence-electron chi connectivity index (χ4n) is 3.58. The van der Waals surface area contributed by atoms with E-state index in [1.54, 1.807) is 12.1 Å². The molecule has 7 heteroatoms. The van der Waals surface area contributed by atoms with Crippen LogP contribution in [0.15, 0.2) is 22.7 Å². The van der Waals surface area contributed by atoms with Gasteiger partial charge in [0, 0.05) is 19.2 Å². The van der Waals surface area contributed by atoms with Gasteiger partial charge in [0.2, 0.25) is 0 Å². The van der Waals surface area contributed by atoms with Crippen molar-refractivity contribution in [2.75, 3.05) is 26.2 Å². The molecule has 1 spiro atoms. The molecule has 2 aliphatic rings. The van der Waals surface area contributed by atoms with E-state index in [0.717, 1.165) is 38.3 Å². The third-order valence-corrected chi connectivity index (χ3v) is 5.47. The summed E-state index contributed by atoms with van der Waals surface area (Å²) in [6, 6.07) is 5.45. The summed E-state index contributed by atoms with van der Waals surface area (Å²) >= 11 is 3.24. The van der Waals surface area contributed by atoms with Gasteiger partial charge in [0.25, 0.3) is 5.69 Å². The Hall–Kier alpha value is -0.690. The van der Waals surface area contributed by atoms with Crippen LogP contribution in [-0.4, -0.2) is 36.0 Å². The molecule has 122 valence electrons. The number of rotatable bonds is 3. The maximum absolute atomic E-state index is 11.0. The normalized spacial score (nSPS) is 20.8. The summed E-state index contributed by atoms with van der Waals surface area (Å²) in [6.07, 6.45) is 3.77. The molecule has 0 bridgehead atoms. The molecule has 3 rings (SSSR count). The second kappa shape index (κ2) is 7.25. The molecule has 1 aromatic rings. The van der Waals surface area contributed by atoms with Crippen LogP contribution in [-0.2, 0) is 6.54 Å². The maximum Gasteiger partial charge on any atom is 0.283 e. The topological polar surface area (TPSA) is 58.4 Å². The number of benzene rings is 1. The largest absolute Gasteiger partial charge is 0.317 e. The van der Waals surface area contributed by atoms with Gasteiger partial charge in [0.1, 0.15) is 0 Å². The van der Waals surface area contributed by atoms with Crippen molar-refractivity contribution < 1.29 is 4.92 Å². The first-order valence-electron chi connectivity index (χ1n) is 7.44. The molecule has 0 saturated carbocycles. The van der Waals surface area contributed by atoms with Crippen molar-refractivity contribution in [1.29, 1.82) is 0 Å². The molecule has 2 aliphatic heterocycles. The monoisotopic (exact) mass is 389 g/mol. The first kappa shape index (κ1) is 17.7. The van der Waals surface area contributed by atoms with E-state index >= 15 is 0 Å². The van der Waals surface area contributed by atoms with E-state index in [9.17, 15) is 10.1 Å². The zero-order chi connectivity index (χ0) is 14.9. The average molecular weight is 391 g/mol. The van der Waals surface area contributed by atoms with Gasteiger partial charge in [-0.2, -0.15) is 0 Å². The molecule has 2 heterocycles. The predicted octanol–water partition coefficient (Wildman–Crippen LogP) is 3.35. The van der Waals surface area contributed by atoms with E-state index in [4.69, 9.17) is 0 Å². The highest BCUT2D eigenvalue weighted by Gasteiger charge is 2.38. The first-order valence-corrected chi connectivity index (χ1v) is 8.23. The molecule has 1 aromatic carbocycles. The Morgan fingerprint density at radius 1 is 1.32 bits per heavy atom. The summed E-state index contributed by atoms with van der Waals surface area (Å²) < 4.78 is 0.549. The lowest BCUT2D eigenvalue weighted by Crippen LogP contribution is -2.38. The van der Waals surface area contributed by atoms with E-state index in [-0.39, 0.29) is 23.0 Å². The molecule has 1 N–H and O–H groups in total. The Bertz CT molecular complexity index is 550. The van der Waals surface area contributed by atoms with Crippen LogP contribution < -0.4 is 5.32 Å². The molecule has 2 saturated heterocycles. The maximum atomic E-state index is 11.0. The second-order valence-electron chi connectivity index (χ2n) is 6.25. The molecule has 0 amide bonds. The number of likely N-dealkylation sites (tertiary alicyclic amines) is 1. The third kappa shape index (κ3) is 3.79. The van der Waals surface area contributed by atoms with Crippen LogP contribution in [0.4, 0.5) is 5.69 Å². The number of hydrogen-bond donors (Lipinski definition) is 1. The van der Waals surface area contributed by atoms with E-state index in [1.165, 1.54) is 19.3 Å². The van der Waals surface area contributed by atoms with Gasteiger partial charge in [0.15, 0.2) is 0 Å². The van der Waals surface area contributed by atoms with Gasteiger partial charge in [-0.3, -0.25) is 15.0 Å². The molecule has 0 aliphatic carbocycles. The number of nitrogens with one attached hydrogen (secondary N) is 1. The molecule has 0 atom stereocenters. The SMILES string of the molecule is Cl.O=[N+]([O-])c1cc(CN2CCC3(CCNCC3)C2)ccc1Br. The Balaban J connectivity index is 0.00000176. The summed E-state index contributed by atoms with van der Waals surface area (Å²) in [5.74, 6) is 0. The lowest BCUT2D eigenvalue weighted by molar-refractivity contribution is -0.385. The van der Waals surface area contributed by atoms with Crippen molar-refractivity contribution in [3.05, 3.63) is 38.3 Å². The minimum absolute atomic E-state index is 0. The fourth-order valence-corrected chi connectivity index (χ4v) is 3.97. The summed E-state index contributed by atoms with van der Waals surface area (Å²) in [7, 11) is 0. The van der Waals surface area contributed by atoms with Crippen LogP contribution in [0.25, 0.3) is 0 Å². The smallest absolute Gasteiger partial charge is 0.283 e. The van der Waals surface area contributed by atoms with Gasteiger partial charge in [-0.05, 0) is 71.9 Å². The molecule has 22 heavy (non-hydrogen) atoms. The zero-order valence-electron chi connectivity index (χ0n) is 12.4. The van der Waals surface area contributed by atoms with Gasteiger partial charge in [-0.15, -0.1) is 12.4 Å². The number of piperidine rings is 1. The number of nitro groups is 1. The van der Waals surface area contributed by atoms with Crippen molar-refractivity contribution in [3.8, 4) is 0 Å². The fraction of sp³-hybridized carbons (Fsp3) is 0.600. The van der Waals surface area contributed by atoms with Crippen molar-refractivity contribution in [2.45, 2.75) is 25.8 Å². The van der Waals surface area contributed by atoms with Gasteiger partial charge < -0.3 is 5.32 Å². The van der Waals surface area contributed by atoms with E-state index in [1.807, 2.05) is 6.07 Å². The van der Waals surface area contributed by atoms with Crippen LogP contribution in [0, 0.1) is 15.5 Å². The Labute approximate surface area is 145 Å². The standard InChI is InChI=1S/C15H20BrN3O2.ClH/c16-13-2-1-12(9-14(13)19(20)21)10-18-8-5-15(11-18)3-6-17-7-4-15;/h1-2,9,17H,3-8,10-11H2;1H. The van der Waals surface area contributed by atoms with Crippen LogP contribution >= 0.6 is 28.3 Å². The van der Waals surface area contributed by atoms with Gasteiger partial charge in [-0.25, -0.2) is 0 Å². The van der Waals surface area contributed by atoms with Gasteiger partial charge >= 0.3 is 0 Å². The van der Waals surface area contributed by atoms with Crippen LogP contribution in [0.5, 0.6) is 0 Å². The number of halogens is 2. The van der Waals surface area contributed by atoms with Crippen molar-refractivity contribution in [2.24, 2.45) is 5.41 Å². The minimum atomic E-state index is -0.328. The molecular formula is C15H21BrClN3O2. The van der Waals surface area contributed by atoms with E-state index in [2.05, 4.69) is 26.1 Å². The first-order chi connectivity index (χ1) is 10.1. The summed E-state index contributed by atoms with van der Waals surface area (Å²) in [5.41, 5.74) is 1.66. The lowest BCUT2D eigenvalue weighted by Gasteiger charge is -2.33. The molecule has 0 radical (unpaired) electrons. The summed E-state index contributed by atoms with van der Waals surface area (Å²) in [4.78, 5) is 13.1. The van der Waals surface area contributed by atoms with Crippen LogP contribution in [0.1, 0.15) is 24.8 Å². The molecular weight excluding hydrogens is 370 g/mol. The number of nitrogens with zero attached hydrogens (tertiary/aromatic N) is 2. The molecule has 0 aromatic heterocycles. The lowest BCUT2D eigenvalue weighted by atomic mass is 9.78. The number of hydrogen-bond acceptors (Lipinski definition) is 4. The Morgan fingerprint density at radius 2 is 2.05 bits per heavy atom. The molecule has 5 nitrogen and oxygen atoms in total. The van der Waals surface area contributed by atoms with Crippen LogP contribution in [0.3, 0.4) is 0 Å². The summed E-state index contributed by atoms with van der Waals surface area (Å²) in [5, 5.41) is 14.4. The quantitative estimate of drug-likeness (QED) is 0.635. The van der Waals surface area contributed by atoms with Crippen molar-refractivity contribution in [1.82, 2.24) is 10.2 Å². The van der Waals surface area contributed by atoms with Crippen molar-refractivity contribution in [3.63, 3.8) is 0 Å². The van der Waals surface area contributed by atoms with E-state index < -0.39 is 0 Å². The zero-order valence-corrected chi connectivity index (χ0v) is 14.8. The van der Waals surface area contributed by atoms with Gasteiger partial charge in [0.05, 0.1) is 9.40 Å².